The van der Waals surface area contributed by atoms with Crippen LogP contribution < -0.4 is 20.1 Å². The Morgan fingerprint density at radius 1 is 0.767 bits per heavy atom. The molecule has 43 heavy (non-hydrogen) atoms. The molecule has 0 saturated heterocycles. The van der Waals surface area contributed by atoms with Crippen molar-refractivity contribution in [3.05, 3.63) is 89.5 Å². The van der Waals surface area contributed by atoms with E-state index in [4.69, 9.17) is 9.47 Å². The van der Waals surface area contributed by atoms with E-state index in [0.29, 0.717) is 34.9 Å². The summed E-state index contributed by atoms with van der Waals surface area (Å²) in [5.74, 6) is -1.59. The van der Waals surface area contributed by atoms with Gasteiger partial charge in [0, 0.05) is 23.6 Å². The smallest absolute Gasteiger partial charge is 0.343 e. The number of hydrogen-bond acceptors (Lipinski definition) is 6. The van der Waals surface area contributed by atoms with Crippen molar-refractivity contribution >= 4 is 29.4 Å². The van der Waals surface area contributed by atoms with Gasteiger partial charge in [-0.2, -0.15) is 0 Å². The predicted molar refractivity (Wildman–Crippen MR) is 165 cm³/mol. The molecule has 0 aliphatic heterocycles. The maximum absolute atomic E-state index is 12.7. The van der Waals surface area contributed by atoms with Crippen LogP contribution in [0.3, 0.4) is 0 Å². The number of unbranched alkanes of at least 4 members (excludes halogenated alkanes) is 4. The first-order valence-corrected chi connectivity index (χ1v) is 14.6. The highest BCUT2D eigenvalue weighted by molar-refractivity contribution is 5.98. The Hall–Kier alpha value is -4.66. The molecule has 0 aliphatic rings. The topological polar surface area (TPSA) is 131 Å². The Morgan fingerprint density at radius 2 is 1.37 bits per heavy atom. The Balaban J connectivity index is 1.50. The number of anilines is 1. The molecule has 3 rings (SSSR count). The summed E-state index contributed by atoms with van der Waals surface area (Å²) in [5.41, 5.74) is 1.82. The number of carbonyl (C=O) groups excluding carboxylic acids is 3. The number of carboxylic acid groups (broad SMARTS) is 1. The van der Waals surface area contributed by atoms with Crippen molar-refractivity contribution in [3.63, 3.8) is 0 Å². The predicted octanol–water partition coefficient (Wildman–Crippen LogP) is 6.28. The number of carbonyl (C=O) groups is 4. The summed E-state index contributed by atoms with van der Waals surface area (Å²) >= 11 is 0. The van der Waals surface area contributed by atoms with Crippen molar-refractivity contribution in [2.75, 3.05) is 11.9 Å². The molecule has 3 aromatic rings. The van der Waals surface area contributed by atoms with E-state index in [0.717, 1.165) is 12.8 Å². The van der Waals surface area contributed by atoms with Crippen LogP contribution in [0.1, 0.15) is 79.2 Å². The van der Waals surface area contributed by atoms with Crippen LogP contribution in [0, 0.1) is 5.92 Å². The van der Waals surface area contributed by atoms with Crippen molar-refractivity contribution in [1.29, 1.82) is 0 Å². The van der Waals surface area contributed by atoms with Crippen molar-refractivity contribution in [1.82, 2.24) is 5.32 Å². The van der Waals surface area contributed by atoms with Gasteiger partial charge in [0.1, 0.15) is 17.5 Å². The minimum Gasteiger partial charge on any atom is -0.494 e. The Labute approximate surface area is 252 Å². The van der Waals surface area contributed by atoms with Gasteiger partial charge >= 0.3 is 11.9 Å². The van der Waals surface area contributed by atoms with Gasteiger partial charge in [-0.1, -0.05) is 58.6 Å². The molecule has 1 atom stereocenters. The fourth-order valence-electron chi connectivity index (χ4n) is 4.11. The molecule has 9 heteroatoms. The van der Waals surface area contributed by atoms with Gasteiger partial charge in [0.2, 0.25) is 5.91 Å². The fraction of sp³-hybridized carbons (Fsp3) is 0.353. The summed E-state index contributed by atoms with van der Waals surface area (Å²) in [6.07, 6.45) is 5.80. The molecule has 0 radical (unpaired) electrons. The first kappa shape index (κ1) is 32.8. The van der Waals surface area contributed by atoms with Crippen LogP contribution in [0.25, 0.3) is 0 Å². The van der Waals surface area contributed by atoms with Crippen molar-refractivity contribution in [2.24, 2.45) is 5.92 Å². The lowest BCUT2D eigenvalue weighted by Gasteiger charge is -2.15. The van der Waals surface area contributed by atoms with Crippen LogP contribution in [-0.4, -0.2) is 41.5 Å². The number of rotatable bonds is 16. The fourth-order valence-corrected chi connectivity index (χ4v) is 4.11. The number of esters is 1. The zero-order chi connectivity index (χ0) is 31.2. The third-order valence-electron chi connectivity index (χ3n) is 6.72. The van der Waals surface area contributed by atoms with E-state index in [-0.39, 0.29) is 23.8 Å². The number of hydrogen-bond donors (Lipinski definition) is 3. The second kappa shape index (κ2) is 16.7. The molecule has 0 bridgehead atoms. The lowest BCUT2D eigenvalue weighted by Crippen LogP contribution is -2.42. The molecule has 0 spiro atoms. The van der Waals surface area contributed by atoms with Gasteiger partial charge in [-0.3, -0.25) is 9.59 Å². The molecule has 228 valence electrons. The number of benzene rings is 3. The minimum atomic E-state index is -1.19. The average molecular weight is 589 g/mol. The Kier molecular flexibility index (Phi) is 12.8. The van der Waals surface area contributed by atoms with Crippen LogP contribution in [0.15, 0.2) is 72.8 Å². The summed E-state index contributed by atoms with van der Waals surface area (Å²) < 4.78 is 11.2. The number of ether oxygens (including phenoxy) is 2. The van der Waals surface area contributed by atoms with Crippen LogP contribution in [-0.2, 0) is 16.0 Å². The van der Waals surface area contributed by atoms with Gasteiger partial charge in [0.15, 0.2) is 0 Å². The largest absolute Gasteiger partial charge is 0.494 e. The first-order chi connectivity index (χ1) is 20.7. The van der Waals surface area contributed by atoms with Gasteiger partial charge in [-0.25, -0.2) is 9.59 Å². The molecule has 0 unspecified atom stereocenters. The molecule has 2 amide bonds. The van der Waals surface area contributed by atoms with Crippen LogP contribution in [0.2, 0.25) is 0 Å². The van der Waals surface area contributed by atoms with Gasteiger partial charge in [0.05, 0.1) is 12.2 Å². The zero-order valence-corrected chi connectivity index (χ0v) is 24.9. The summed E-state index contributed by atoms with van der Waals surface area (Å²) in [6.45, 7) is 6.37. The normalized spacial score (nSPS) is 11.4. The Morgan fingerprint density at radius 3 is 1.98 bits per heavy atom. The molecule has 0 fully saturated rings. The van der Waals surface area contributed by atoms with E-state index >= 15 is 0 Å². The second-order valence-corrected chi connectivity index (χ2v) is 10.6. The van der Waals surface area contributed by atoms with E-state index in [2.05, 4.69) is 17.6 Å². The number of aliphatic carboxylic acids is 1. The van der Waals surface area contributed by atoms with Crippen molar-refractivity contribution < 1.29 is 33.8 Å². The Bertz CT molecular complexity index is 1350. The van der Waals surface area contributed by atoms with E-state index in [9.17, 15) is 24.3 Å². The highest BCUT2D eigenvalue weighted by atomic mass is 16.5. The monoisotopic (exact) mass is 588 g/mol. The third-order valence-corrected chi connectivity index (χ3v) is 6.72. The minimum absolute atomic E-state index is 0.0257. The molecule has 3 aromatic carbocycles. The van der Waals surface area contributed by atoms with E-state index < -0.39 is 23.9 Å². The zero-order valence-electron chi connectivity index (χ0n) is 24.9. The van der Waals surface area contributed by atoms with Crippen LogP contribution >= 0.6 is 0 Å². The summed E-state index contributed by atoms with van der Waals surface area (Å²) in [4.78, 5) is 49.0. The van der Waals surface area contributed by atoms with Crippen molar-refractivity contribution in [2.45, 2.75) is 65.3 Å². The quantitative estimate of drug-likeness (QED) is 0.102. The van der Waals surface area contributed by atoms with E-state index in [1.807, 2.05) is 0 Å². The van der Waals surface area contributed by atoms with Crippen LogP contribution in [0.4, 0.5) is 5.69 Å². The molecule has 0 saturated carbocycles. The first-order valence-electron chi connectivity index (χ1n) is 14.6. The number of carboxylic acids is 1. The molecule has 9 nitrogen and oxygen atoms in total. The second-order valence-electron chi connectivity index (χ2n) is 10.6. The summed E-state index contributed by atoms with van der Waals surface area (Å²) in [7, 11) is 0. The van der Waals surface area contributed by atoms with E-state index in [1.54, 1.807) is 74.5 Å². The molecular formula is C34H40N2O7. The van der Waals surface area contributed by atoms with E-state index in [1.165, 1.54) is 31.4 Å². The van der Waals surface area contributed by atoms with Crippen LogP contribution in [0.5, 0.6) is 11.5 Å². The average Bonchev–Trinajstić information content (AvgIpc) is 3.00. The highest BCUT2D eigenvalue weighted by Gasteiger charge is 2.21. The van der Waals surface area contributed by atoms with Gasteiger partial charge in [-0.15, -0.1) is 0 Å². The SMILES string of the molecule is CCCCCCCOc1ccc(C(=O)Oc2ccc(C[C@H](NC(=O)c3ccc(NC(=O)C(C)C)cc3)C(=O)O)cc2)cc1. The van der Waals surface area contributed by atoms with Gasteiger partial charge in [-0.05, 0) is 72.6 Å². The van der Waals surface area contributed by atoms with Crippen molar-refractivity contribution in [3.8, 4) is 11.5 Å². The molecule has 3 N–H and O–H groups in total. The molecule has 0 aliphatic carbocycles. The summed E-state index contributed by atoms with van der Waals surface area (Å²) in [5, 5.41) is 15.0. The lowest BCUT2D eigenvalue weighted by atomic mass is 10.0. The standard InChI is InChI=1S/C34H40N2O7/c1-4-5-6-7-8-21-42-28-19-13-26(14-20-28)34(41)43-29-17-9-24(10-18-29)22-30(33(39)40)36-32(38)25-11-15-27(16-12-25)35-31(37)23(2)3/h9-20,23,30H,4-8,21-22H2,1-3H3,(H,35,37)(H,36,38)(H,39,40)/t30-/m0/s1. The third kappa shape index (κ3) is 10.9. The highest BCUT2D eigenvalue weighted by Crippen LogP contribution is 2.18. The number of nitrogens with one attached hydrogen (secondary N) is 2. The summed E-state index contributed by atoms with van der Waals surface area (Å²) in [6, 6.07) is 18.3. The molecular weight excluding hydrogens is 548 g/mol. The lowest BCUT2D eigenvalue weighted by molar-refractivity contribution is -0.139. The van der Waals surface area contributed by atoms with Gasteiger partial charge in [0.25, 0.3) is 5.91 Å². The number of amides is 2. The molecule has 0 aromatic heterocycles. The maximum Gasteiger partial charge on any atom is 0.343 e. The maximum atomic E-state index is 12.7. The van der Waals surface area contributed by atoms with Gasteiger partial charge < -0.3 is 25.2 Å². The molecule has 0 heterocycles.